The highest BCUT2D eigenvalue weighted by molar-refractivity contribution is 5.97. The van der Waals surface area contributed by atoms with E-state index in [9.17, 15) is 38.8 Å². The third kappa shape index (κ3) is 22.3. The summed E-state index contributed by atoms with van der Waals surface area (Å²) in [5, 5.41) is 24.2. The number of esters is 1. The van der Waals surface area contributed by atoms with Crippen LogP contribution < -0.4 is 35.8 Å². The Balaban J connectivity index is 1.41. The van der Waals surface area contributed by atoms with Crippen molar-refractivity contribution >= 4 is 58.4 Å². The Kier molecular flexibility index (Phi) is 24.9. The summed E-state index contributed by atoms with van der Waals surface area (Å²) in [4.78, 5) is 92.1. The molecule has 5 N–H and O–H groups in total. The molecule has 0 fully saturated rings. The number of nitrogens with zero attached hydrogens (tertiary/aromatic N) is 3. The van der Waals surface area contributed by atoms with Crippen LogP contribution >= 0.6 is 0 Å². The number of hydrogen-bond acceptors (Lipinski definition) is 14. The zero-order valence-electron chi connectivity index (χ0n) is 41.6. The number of nitriles is 1. The molecule has 0 bridgehead atoms. The van der Waals surface area contributed by atoms with Crippen molar-refractivity contribution in [3.63, 3.8) is 0 Å². The van der Waals surface area contributed by atoms with Crippen molar-refractivity contribution in [2.75, 3.05) is 87.0 Å². The van der Waals surface area contributed by atoms with Gasteiger partial charge < -0.3 is 50.3 Å². The van der Waals surface area contributed by atoms with Crippen molar-refractivity contribution in [2.24, 2.45) is 0 Å². The molecule has 1 aromatic heterocycles. The average Bonchev–Trinajstić information content (AvgIpc) is 3.30. The summed E-state index contributed by atoms with van der Waals surface area (Å²) in [5.74, 6) is -2.05. The first-order valence-electron chi connectivity index (χ1n) is 23.5. The number of benzene rings is 2. The van der Waals surface area contributed by atoms with Crippen LogP contribution in [0.25, 0.3) is 10.9 Å². The quantitative estimate of drug-likeness (QED) is 0.0261. The summed E-state index contributed by atoms with van der Waals surface area (Å²) >= 11 is 0. The van der Waals surface area contributed by atoms with Gasteiger partial charge in [-0.05, 0) is 89.6 Å². The Hall–Kier alpha value is -6.53. The Labute approximate surface area is 410 Å². The maximum atomic E-state index is 13.8. The number of amides is 5. The fourth-order valence-electron chi connectivity index (χ4n) is 6.81. The fraction of sp³-hybridized carbons (Fsp3) is 0.540. The highest BCUT2D eigenvalue weighted by Gasteiger charge is 2.30. The average molecular weight is 976 g/mol. The fourth-order valence-corrected chi connectivity index (χ4v) is 6.81. The second kappa shape index (κ2) is 30.2. The maximum Gasteiger partial charge on any atom is 0.329 e. The van der Waals surface area contributed by atoms with Crippen LogP contribution in [-0.2, 0) is 42.9 Å². The summed E-state index contributed by atoms with van der Waals surface area (Å²) in [7, 11) is 5.79. The molecular formula is C50H71N8O12+. The topological polar surface area (TPSA) is 262 Å². The van der Waals surface area contributed by atoms with E-state index in [0.29, 0.717) is 70.1 Å². The number of nitrogens with one attached hydrogen (secondary N) is 5. The second-order valence-electron chi connectivity index (χ2n) is 18.2. The number of quaternary nitrogens is 1. The number of ether oxygens (including phenoxy) is 5. The molecule has 382 valence electrons. The lowest BCUT2D eigenvalue weighted by atomic mass is 10.0. The van der Waals surface area contributed by atoms with E-state index in [1.54, 1.807) is 63.2 Å². The number of aldehydes is 1. The van der Waals surface area contributed by atoms with Gasteiger partial charge in [0.05, 0.1) is 66.3 Å². The largest absolute Gasteiger partial charge is 0.484 e. The van der Waals surface area contributed by atoms with E-state index in [4.69, 9.17) is 23.7 Å². The van der Waals surface area contributed by atoms with E-state index < -0.39 is 35.5 Å². The lowest BCUT2D eigenvalue weighted by Gasteiger charge is -2.26. The molecule has 20 heteroatoms. The van der Waals surface area contributed by atoms with Crippen molar-refractivity contribution in [1.29, 1.82) is 5.26 Å². The van der Waals surface area contributed by atoms with Gasteiger partial charge >= 0.3 is 5.97 Å². The zero-order chi connectivity index (χ0) is 51.5. The minimum absolute atomic E-state index is 0.0480. The third-order valence-electron chi connectivity index (χ3n) is 10.3. The number of rotatable bonds is 32. The van der Waals surface area contributed by atoms with Crippen LogP contribution in [0.5, 0.6) is 5.75 Å². The Morgan fingerprint density at radius 1 is 0.757 bits per heavy atom. The lowest BCUT2D eigenvalue weighted by Crippen LogP contribution is -2.52. The molecule has 20 nitrogen and oxygen atoms in total. The number of pyridine rings is 1. The molecule has 2 unspecified atom stereocenters. The summed E-state index contributed by atoms with van der Waals surface area (Å²) in [6.07, 6.45) is 4.62. The highest BCUT2D eigenvalue weighted by atomic mass is 16.6. The van der Waals surface area contributed by atoms with Crippen molar-refractivity contribution in [1.82, 2.24) is 36.1 Å². The summed E-state index contributed by atoms with van der Waals surface area (Å²) in [6, 6.07) is 11.8. The first kappa shape index (κ1) is 57.8. The van der Waals surface area contributed by atoms with Gasteiger partial charge in [-0.25, -0.2) is 4.79 Å². The molecule has 0 aliphatic carbocycles. The van der Waals surface area contributed by atoms with E-state index in [-0.39, 0.29) is 96.3 Å². The Bertz CT molecular complexity index is 2250. The smallest absolute Gasteiger partial charge is 0.329 e. The number of hydrogen-bond donors (Lipinski definition) is 5. The number of fused-ring (bicyclic) bond motifs is 1. The summed E-state index contributed by atoms with van der Waals surface area (Å²) in [5.41, 5.74) is 1.81. The lowest BCUT2D eigenvalue weighted by molar-refractivity contribution is -0.159. The van der Waals surface area contributed by atoms with E-state index in [0.717, 1.165) is 12.0 Å². The molecule has 2 aromatic carbocycles. The SMILES string of the molecule is CC(=O)NCCCCC(NC(=O)C(CCCCNC(=O)c1ccc([N+](C)(C)C)c(C#N)c1)NC(=O)CCOCCOCCOCCNC(=O)COc1ccc2c(C=O)ccnc2c1)C(=O)OC(C)(C)C. The molecule has 0 aliphatic rings. The van der Waals surface area contributed by atoms with Gasteiger partial charge in [-0.3, -0.25) is 38.2 Å². The first-order valence-corrected chi connectivity index (χ1v) is 23.5. The molecule has 0 aliphatic heterocycles. The van der Waals surface area contributed by atoms with Gasteiger partial charge in [0.2, 0.25) is 17.7 Å². The molecule has 2 atom stereocenters. The summed E-state index contributed by atoms with van der Waals surface area (Å²) < 4.78 is 28.2. The van der Waals surface area contributed by atoms with Crippen molar-refractivity contribution < 1.29 is 57.2 Å². The van der Waals surface area contributed by atoms with Gasteiger partial charge in [0.25, 0.3) is 11.8 Å². The Morgan fingerprint density at radius 2 is 1.41 bits per heavy atom. The van der Waals surface area contributed by atoms with Crippen LogP contribution in [0.2, 0.25) is 0 Å². The Morgan fingerprint density at radius 3 is 2.06 bits per heavy atom. The second-order valence-corrected chi connectivity index (χ2v) is 18.2. The van der Waals surface area contributed by atoms with Gasteiger partial charge in [0.15, 0.2) is 12.9 Å². The molecule has 1 heterocycles. The predicted molar refractivity (Wildman–Crippen MR) is 262 cm³/mol. The van der Waals surface area contributed by atoms with Crippen LogP contribution in [0.1, 0.15) is 98.9 Å². The van der Waals surface area contributed by atoms with Gasteiger partial charge in [0, 0.05) is 67.8 Å². The number of unbranched alkanes of at least 4 members (excludes halogenated alkanes) is 2. The van der Waals surface area contributed by atoms with Crippen LogP contribution in [0.3, 0.4) is 0 Å². The molecular weight excluding hydrogens is 905 g/mol. The minimum atomic E-state index is -1.02. The van der Waals surface area contributed by atoms with Gasteiger partial charge in [-0.2, -0.15) is 5.26 Å². The van der Waals surface area contributed by atoms with Gasteiger partial charge in [-0.1, -0.05) is 0 Å². The van der Waals surface area contributed by atoms with Crippen molar-refractivity contribution in [2.45, 2.75) is 90.3 Å². The molecule has 0 spiro atoms. The maximum absolute atomic E-state index is 13.8. The molecule has 70 heavy (non-hydrogen) atoms. The van der Waals surface area contributed by atoms with Gasteiger partial charge in [-0.15, -0.1) is 0 Å². The van der Waals surface area contributed by atoms with E-state index in [1.807, 2.05) is 21.1 Å². The van der Waals surface area contributed by atoms with Crippen LogP contribution in [0.4, 0.5) is 5.69 Å². The van der Waals surface area contributed by atoms with Crippen molar-refractivity contribution in [3.05, 3.63) is 65.4 Å². The van der Waals surface area contributed by atoms with E-state index >= 15 is 0 Å². The van der Waals surface area contributed by atoms with E-state index in [2.05, 4.69) is 37.6 Å². The summed E-state index contributed by atoms with van der Waals surface area (Å²) in [6.45, 7) is 8.60. The monoisotopic (exact) mass is 976 g/mol. The van der Waals surface area contributed by atoms with Crippen molar-refractivity contribution in [3.8, 4) is 11.8 Å². The molecule has 0 saturated heterocycles. The third-order valence-corrected chi connectivity index (χ3v) is 10.3. The van der Waals surface area contributed by atoms with Crippen LogP contribution in [0.15, 0.2) is 48.7 Å². The van der Waals surface area contributed by atoms with E-state index in [1.165, 1.54) is 13.1 Å². The predicted octanol–water partition coefficient (Wildman–Crippen LogP) is 3.27. The molecule has 0 radical (unpaired) electrons. The standard InChI is InChI=1S/C50H70N8O12/c1-35(60)52-20-10-9-13-42(49(65)70-50(2,3)4)57-48(64)41(12-8-11-21-55-47(63)36-14-17-44(58(5,6)7)38(30-36)32-51)56-45(61)19-24-66-26-28-68-29-27-67-25-23-54-46(62)34-69-39-15-16-40-37(33-59)18-22-53-43(40)31-39/h14-18,22,30-31,33,41-42H,8-13,19-21,23-29,34H2,1-7H3,(H4-,52,54,55,56,57,60,61,62,63,64)/p+1. The molecule has 0 saturated carbocycles. The zero-order valence-corrected chi connectivity index (χ0v) is 41.6. The number of carbonyl (C=O) groups is 7. The molecule has 5 amide bonds. The van der Waals surface area contributed by atoms with Gasteiger partial charge in [0.1, 0.15) is 40.8 Å². The number of carbonyl (C=O) groups excluding carboxylic acids is 7. The highest BCUT2D eigenvalue weighted by Crippen LogP contribution is 2.24. The normalized spacial score (nSPS) is 12.2. The minimum Gasteiger partial charge on any atom is -0.484 e. The first-order chi connectivity index (χ1) is 33.3. The number of aromatic nitrogens is 1. The molecule has 3 aromatic rings. The van der Waals surface area contributed by atoms with Crippen LogP contribution in [0, 0.1) is 11.3 Å². The molecule has 3 rings (SSSR count). The van der Waals surface area contributed by atoms with Crippen LogP contribution in [-0.4, -0.2) is 151 Å².